The van der Waals surface area contributed by atoms with Gasteiger partial charge in [-0.1, -0.05) is 42.5 Å². The summed E-state index contributed by atoms with van der Waals surface area (Å²) in [6, 6.07) is 17.8. The van der Waals surface area contributed by atoms with E-state index in [0.717, 1.165) is 14.9 Å². The minimum atomic E-state index is -0.818. The Labute approximate surface area is 120 Å². The number of thioether (sulfide) groups is 1. The van der Waals surface area contributed by atoms with Crippen LogP contribution in [0.1, 0.15) is 12.5 Å². The molecule has 0 aromatic heterocycles. The number of aliphatic hydroxyl groups is 1. The second kappa shape index (κ2) is 5.91. The Morgan fingerprint density at radius 3 is 2.33 bits per heavy atom. The van der Waals surface area contributed by atoms with E-state index in [1.54, 1.807) is 11.8 Å². The van der Waals surface area contributed by atoms with Gasteiger partial charge in [-0.05, 0) is 40.5 Å². The SMILES string of the molecule is CC(O)(CSc1ccccc1Br)c1ccccc1. The second-order valence-electron chi connectivity index (χ2n) is 4.36. The first-order valence-electron chi connectivity index (χ1n) is 5.75. The van der Waals surface area contributed by atoms with Gasteiger partial charge in [-0.2, -0.15) is 0 Å². The van der Waals surface area contributed by atoms with Crippen molar-refractivity contribution < 1.29 is 5.11 Å². The lowest BCUT2D eigenvalue weighted by molar-refractivity contribution is 0.0839. The average molecular weight is 323 g/mol. The van der Waals surface area contributed by atoms with Gasteiger partial charge in [0.15, 0.2) is 0 Å². The van der Waals surface area contributed by atoms with Crippen LogP contribution in [0, 0.1) is 0 Å². The lowest BCUT2D eigenvalue weighted by Crippen LogP contribution is -2.24. The molecule has 1 unspecified atom stereocenters. The molecule has 0 aliphatic rings. The quantitative estimate of drug-likeness (QED) is 0.839. The molecule has 3 heteroatoms. The Morgan fingerprint density at radius 2 is 1.67 bits per heavy atom. The summed E-state index contributed by atoms with van der Waals surface area (Å²) < 4.78 is 1.07. The molecule has 0 radical (unpaired) electrons. The Morgan fingerprint density at radius 1 is 1.06 bits per heavy atom. The van der Waals surface area contributed by atoms with Crippen LogP contribution in [0.25, 0.3) is 0 Å². The van der Waals surface area contributed by atoms with Crippen molar-refractivity contribution in [1.82, 2.24) is 0 Å². The maximum Gasteiger partial charge on any atom is 0.0962 e. The number of benzene rings is 2. The van der Waals surface area contributed by atoms with Crippen molar-refractivity contribution in [2.24, 2.45) is 0 Å². The summed E-state index contributed by atoms with van der Waals surface area (Å²) in [5.74, 6) is 0.625. The van der Waals surface area contributed by atoms with Gasteiger partial charge in [0, 0.05) is 15.1 Å². The summed E-state index contributed by atoms with van der Waals surface area (Å²) in [7, 11) is 0. The molecule has 0 fully saturated rings. The molecule has 1 nitrogen and oxygen atoms in total. The molecule has 0 aliphatic carbocycles. The average Bonchev–Trinajstić information content (AvgIpc) is 2.39. The van der Waals surface area contributed by atoms with Gasteiger partial charge in [0.1, 0.15) is 0 Å². The first kappa shape index (κ1) is 13.7. The second-order valence-corrected chi connectivity index (χ2v) is 6.23. The minimum absolute atomic E-state index is 0.625. The number of hydrogen-bond donors (Lipinski definition) is 1. The van der Waals surface area contributed by atoms with Crippen LogP contribution in [0.2, 0.25) is 0 Å². The molecular weight excluding hydrogens is 308 g/mol. The van der Waals surface area contributed by atoms with Gasteiger partial charge in [0.25, 0.3) is 0 Å². The fraction of sp³-hybridized carbons (Fsp3) is 0.200. The fourth-order valence-corrected chi connectivity index (χ4v) is 3.27. The molecule has 18 heavy (non-hydrogen) atoms. The van der Waals surface area contributed by atoms with Crippen molar-refractivity contribution >= 4 is 27.7 Å². The van der Waals surface area contributed by atoms with Crippen LogP contribution in [0.15, 0.2) is 64.0 Å². The van der Waals surface area contributed by atoms with E-state index in [-0.39, 0.29) is 0 Å². The molecule has 0 amide bonds. The molecule has 2 aromatic carbocycles. The maximum absolute atomic E-state index is 10.5. The Hall–Kier alpha value is -0.770. The van der Waals surface area contributed by atoms with E-state index in [0.29, 0.717) is 5.75 Å². The van der Waals surface area contributed by atoms with Crippen molar-refractivity contribution in [1.29, 1.82) is 0 Å². The van der Waals surface area contributed by atoms with E-state index >= 15 is 0 Å². The highest BCUT2D eigenvalue weighted by atomic mass is 79.9. The molecule has 94 valence electrons. The zero-order valence-electron chi connectivity index (χ0n) is 10.1. The summed E-state index contributed by atoms with van der Waals surface area (Å²) in [5.41, 5.74) is 0.130. The van der Waals surface area contributed by atoms with Gasteiger partial charge in [-0.3, -0.25) is 0 Å². The monoisotopic (exact) mass is 322 g/mol. The molecule has 2 rings (SSSR count). The van der Waals surface area contributed by atoms with E-state index in [4.69, 9.17) is 0 Å². The van der Waals surface area contributed by atoms with Gasteiger partial charge < -0.3 is 5.11 Å². The van der Waals surface area contributed by atoms with Crippen LogP contribution >= 0.6 is 27.7 Å². The van der Waals surface area contributed by atoms with Gasteiger partial charge in [-0.15, -0.1) is 11.8 Å². The number of halogens is 1. The van der Waals surface area contributed by atoms with Crippen LogP contribution < -0.4 is 0 Å². The van der Waals surface area contributed by atoms with Crippen molar-refractivity contribution in [3.8, 4) is 0 Å². The lowest BCUT2D eigenvalue weighted by atomic mass is 9.99. The molecule has 0 spiro atoms. The number of rotatable bonds is 4. The highest BCUT2D eigenvalue weighted by Crippen LogP contribution is 2.33. The van der Waals surface area contributed by atoms with E-state index in [9.17, 15) is 5.11 Å². The predicted octanol–water partition coefficient (Wildman–Crippen LogP) is 4.45. The first-order chi connectivity index (χ1) is 8.59. The van der Waals surface area contributed by atoms with Gasteiger partial charge in [-0.25, -0.2) is 0 Å². The smallest absolute Gasteiger partial charge is 0.0962 e. The molecule has 0 aliphatic heterocycles. The van der Waals surface area contributed by atoms with E-state index < -0.39 is 5.60 Å². The standard InChI is InChI=1S/C15H15BrOS/c1-15(17,12-7-3-2-4-8-12)11-18-14-10-6-5-9-13(14)16/h2-10,17H,11H2,1H3. The van der Waals surface area contributed by atoms with Crippen LogP contribution in [-0.4, -0.2) is 10.9 Å². The molecule has 0 saturated heterocycles. The zero-order valence-corrected chi connectivity index (χ0v) is 12.5. The maximum atomic E-state index is 10.5. The third-order valence-corrected chi connectivity index (χ3v) is 5.07. The zero-order chi connectivity index (χ0) is 13.0. The van der Waals surface area contributed by atoms with Crippen molar-refractivity contribution in [2.45, 2.75) is 17.4 Å². The largest absolute Gasteiger partial charge is 0.385 e. The van der Waals surface area contributed by atoms with Crippen LogP contribution in [0.5, 0.6) is 0 Å². The lowest BCUT2D eigenvalue weighted by Gasteiger charge is -2.23. The fourth-order valence-electron chi connectivity index (χ4n) is 1.66. The molecule has 2 aromatic rings. The Kier molecular flexibility index (Phi) is 4.49. The van der Waals surface area contributed by atoms with Gasteiger partial charge >= 0.3 is 0 Å². The normalized spacial score (nSPS) is 14.2. The van der Waals surface area contributed by atoms with Crippen molar-refractivity contribution in [3.05, 3.63) is 64.6 Å². The van der Waals surface area contributed by atoms with E-state index in [1.807, 2.05) is 55.5 Å². The summed E-state index contributed by atoms with van der Waals surface area (Å²) >= 11 is 5.17. The van der Waals surface area contributed by atoms with E-state index in [1.165, 1.54) is 0 Å². The summed E-state index contributed by atoms with van der Waals surface area (Å²) in [6.07, 6.45) is 0. The topological polar surface area (TPSA) is 20.2 Å². The highest BCUT2D eigenvalue weighted by molar-refractivity contribution is 9.10. The van der Waals surface area contributed by atoms with Gasteiger partial charge in [0.05, 0.1) is 5.60 Å². The van der Waals surface area contributed by atoms with Crippen molar-refractivity contribution in [3.63, 3.8) is 0 Å². The van der Waals surface area contributed by atoms with Gasteiger partial charge in [0.2, 0.25) is 0 Å². The molecular formula is C15H15BrOS. The van der Waals surface area contributed by atoms with Crippen LogP contribution in [0.4, 0.5) is 0 Å². The molecule has 0 heterocycles. The van der Waals surface area contributed by atoms with Crippen molar-refractivity contribution in [2.75, 3.05) is 5.75 Å². The van der Waals surface area contributed by atoms with E-state index in [2.05, 4.69) is 22.0 Å². The minimum Gasteiger partial charge on any atom is -0.385 e. The Bertz CT molecular complexity index is 511. The van der Waals surface area contributed by atoms with Crippen LogP contribution in [-0.2, 0) is 5.60 Å². The number of hydrogen-bond acceptors (Lipinski definition) is 2. The molecule has 0 bridgehead atoms. The molecule has 1 atom stereocenters. The highest BCUT2D eigenvalue weighted by Gasteiger charge is 2.23. The summed E-state index contributed by atoms with van der Waals surface area (Å²) in [5, 5.41) is 10.5. The van der Waals surface area contributed by atoms with Crippen LogP contribution in [0.3, 0.4) is 0 Å². The third kappa shape index (κ3) is 3.37. The Balaban J connectivity index is 2.08. The predicted molar refractivity (Wildman–Crippen MR) is 80.9 cm³/mol. The summed E-state index contributed by atoms with van der Waals surface area (Å²) in [6.45, 7) is 1.85. The first-order valence-corrected chi connectivity index (χ1v) is 7.53. The summed E-state index contributed by atoms with van der Waals surface area (Å²) in [4.78, 5) is 1.15. The molecule has 1 N–H and O–H groups in total. The molecule has 0 saturated carbocycles. The third-order valence-electron chi connectivity index (χ3n) is 2.74.